The topological polar surface area (TPSA) is 78.9 Å². The van der Waals surface area contributed by atoms with Crippen molar-refractivity contribution in [2.75, 3.05) is 14.2 Å². The van der Waals surface area contributed by atoms with E-state index >= 15 is 0 Å². The van der Waals surface area contributed by atoms with Crippen LogP contribution in [0.1, 0.15) is 0 Å². The second kappa shape index (κ2) is 9.41. The third-order valence-electron chi connectivity index (χ3n) is 6.52. The van der Waals surface area contributed by atoms with Crippen molar-refractivity contribution >= 4 is 21.9 Å². The van der Waals surface area contributed by atoms with Crippen LogP contribution < -0.4 is 20.3 Å². The van der Waals surface area contributed by atoms with Gasteiger partial charge in [-0.05, 0) is 24.3 Å². The van der Waals surface area contributed by atoms with Gasteiger partial charge in [-0.15, -0.1) is 0 Å². The Hall–Kier alpha value is -5.10. The summed E-state index contributed by atoms with van der Waals surface area (Å²) in [5.41, 5.74) is 1.60. The van der Waals surface area contributed by atoms with Gasteiger partial charge in [0.15, 0.2) is 0 Å². The molecule has 0 unspecified atom stereocenters. The van der Waals surface area contributed by atoms with E-state index in [1.54, 1.807) is 50.6 Å². The van der Waals surface area contributed by atoms with E-state index in [1.807, 2.05) is 60.7 Å². The molecule has 6 nitrogen and oxygen atoms in total. The summed E-state index contributed by atoms with van der Waals surface area (Å²) in [6.07, 6.45) is 0. The van der Waals surface area contributed by atoms with E-state index in [0.717, 1.165) is 0 Å². The number of benzene rings is 4. The standard InChI is InChI=1S/C32H22O6/c1-35-21-13-15-23-25(17-21)37-31(19-9-5-3-6-10-19)27(29(23)33)28-30(34)24-16-14-22(36-2)18-26(24)38-32(28)20-11-7-4-8-12-20/h3-18H,1-2H3. The van der Waals surface area contributed by atoms with E-state index in [2.05, 4.69) is 0 Å². The summed E-state index contributed by atoms with van der Waals surface area (Å²) < 4.78 is 23.4. The van der Waals surface area contributed by atoms with Crippen LogP contribution in [0, 0.1) is 0 Å². The molecule has 0 fully saturated rings. The third-order valence-corrected chi connectivity index (χ3v) is 6.52. The molecule has 0 saturated heterocycles. The first kappa shape index (κ1) is 23.3. The lowest BCUT2D eigenvalue weighted by Crippen LogP contribution is -2.16. The molecule has 0 aliphatic heterocycles. The van der Waals surface area contributed by atoms with Gasteiger partial charge in [0.1, 0.15) is 34.2 Å². The number of ether oxygens (including phenoxy) is 2. The van der Waals surface area contributed by atoms with Crippen molar-refractivity contribution in [1.82, 2.24) is 0 Å². The Kier molecular flexibility index (Phi) is 5.77. The molecule has 4 aromatic carbocycles. The van der Waals surface area contributed by atoms with Crippen molar-refractivity contribution in [2.24, 2.45) is 0 Å². The fourth-order valence-electron chi connectivity index (χ4n) is 4.64. The van der Waals surface area contributed by atoms with Crippen LogP contribution in [-0.4, -0.2) is 14.2 Å². The van der Waals surface area contributed by atoms with Gasteiger partial charge in [0.2, 0.25) is 10.9 Å². The van der Waals surface area contributed by atoms with Crippen molar-refractivity contribution in [3.05, 3.63) is 118 Å². The molecule has 186 valence electrons. The highest BCUT2D eigenvalue weighted by atomic mass is 16.5. The summed E-state index contributed by atoms with van der Waals surface area (Å²) in [6, 6.07) is 28.5. The van der Waals surface area contributed by atoms with Crippen LogP contribution >= 0.6 is 0 Å². The Balaban J connectivity index is 1.80. The van der Waals surface area contributed by atoms with Gasteiger partial charge < -0.3 is 18.3 Å². The average molecular weight is 503 g/mol. The molecule has 6 rings (SSSR count). The Morgan fingerprint density at radius 1 is 0.526 bits per heavy atom. The largest absolute Gasteiger partial charge is 0.497 e. The molecule has 0 aliphatic rings. The molecule has 0 amide bonds. The molecule has 0 bridgehead atoms. The molecular weight excluding hydrogens is 480 g/mol. The third kappa shape index (κ3) is 3.83. The summed E-state index contributed by atoms with van der Waals surface area (Å²) in [5.74, 6) is 1.65. The van der Waals surface area contributed by atoms with Gasteiger partial charge in [-0.3, -0.25) is 9.59 Å². The highest BCUT2D eigenvalue weighted by molar-refractivity contribution is 5.96. The smallest absolute Gasteiger partial charge is 0.201 e. The van der Waals surface area contributed by atoms with E-state index in [9.17, 15) is 9.59 Å². The fourth-order valence-corrected chi connectivity index (χ4v) is 4.64. The van der Waals surface area contributed by atoms with Crippen LogP contribution in [0.5, 0.6) is 11.5 Å². The lowest BCUT2D eigenvalue weighted by molar-refractivity contribution is 0.414. The van der Waals surface area contributed by atoms with Gasteiger partial charge in [0.25, 0.3) is 0 Å². The molecule has 0 saturated carbocycles. The molecule has 2 aromatic heterocycles. The molecular formula is C32H22O6. The minimum Gasteiger partial charge on any atom is -0.497 e. The van der Waals surface area contributed by atoms with E-state index in [-0.39, 0.29) is 33.5 Å². The van der Waals surface area contributed by atoms with E-state index < -0.39 is 0 Å². The summed E-state index contributed by atoms with van der Waals surface area (Å²) >= 11 is 0. The molecule has 0 spiro atoms. The second-order valence-electron chi connectivity index (χ2n) is 8.73. The van der Waals surface area contributed by atoms with Gasteiger partial charge >= 0.3 is 0 Å². The minimum absolute atomic E-state index is 0.138. The summed E-state index contributed by atoms with van der Waals surface area (Å²) in [7, 11) is 3.10. The maximum atomic E-state index is 14.2. The van der Waals surface area contributed by atoms with E-state index in [1.165, 1.54) is 0 Å². The first-order valence-electron chi connectivity index (χ1n) is 12.0. The monoisotopic (exact) mass is 502 g/mol. The Morgan fingerprint density at radius 3 is 1.29 bits per heavy atom. The highest BCUT2D eigenvalue weighted by Crippen LogP contribution is 2.38. The first-order valence-corrected chi connectivity index (χ1v) is 12.0. The number of hydrogen-bond acceptors (Lipinski definition) is 6. The summed E-state index contributed by atoms with van der Waals surface area (Å²) in [5, 5.41) is 0.655. The van der Waals surface area contributed by atoms with Crippen molar-refractivity contribution < 1.29 is 18.3 Å². The molecule has 0 N–H and O–H groups in total. The maximum Gasteiger partial charge on any atom is 0.201 e. The van der Waals surface area contributed by atoms with Crippen molar-refractivity contribution in [3.63, 3.8) is 0 Å². The van der Waals surface area contributed by atoms with E-state index in [0.29, 0.717) is 44.6 Å². The molecule has 6 heteroatoms. The zero-order valence-electron chi connectivity index (χ0n) is 20.7. The minimum atomic E-state index is -0.343. The predicted octanol–water partition coefficient (Wildman–Crippen LogP) is 6.92. The quantitative estimate of drug-likeness (QED) is 0.255. The fraction of sp³-hybridized carbons (Fsp3) is 0.0625. The second-order valence-corrected chi connectivity index (χ2v) is 8.73. The lowest BCUT2D eigenvalue weighted by Gasteiger charge is -2.15. The average Bonchev–Trinajstić information content (AvgIpc) is 2.97. The predicted molar refractivity (Wildman–Crippen MR) is 148 cm³/mol. The molecule has 0 atom stereocenters. The molecule has 0 radical (unpaired) electrons. The summed E-state index contributed by atoms with van der Waals surface area (Å²) in [4.78, 5) is 28.4. The molecule has 2 heterocycles. The van der Waals surface area contributed by atoms with Gasteiger partial charge in [-0.2, -0.15) is 0 Å². The van der Waals surface area contributed by atoms with Gasteiger partial charge in [-0.1, -0.05) is 60.7 Å². The number of fused-ring (bicyclic) bond motifs is 2. The lowest BCUT2D eigenvalue weighted by atomic mass is 9.94. The summed E-state index contributed by atoms with van der Waals surface area (Å²) in [6.45, 7) is 0. The Morgan fingerprint density at radius 2 is 0.921 bits per heavy atom. The van der Waals surface area contributed by atoms with Crippen LogP contribution in [0.4, 0.5) is 0 Å². The Bertz CT molecular complexity index is 1780. The molecule has 0 aliphatic carbocycles. The van der Waals surface area contributed by atoms with Gasteiger partial charge in [-0.25, -0.2) is 0 Å². The SMILES string of the molecule is COc1ccc2c(=O)c(-c3c(-c4ccccc4)oc4cc(OC)ccc4c3=O)c(-c3ccccc3)oc2c1. The highest BCUT2D eigenvalue weighted by Gasteiger charge is 2.26. The van der Waals surface area contributed by atoms with Crippen LogP contribution in [0.15, 0.2) is 115 Å². The van der Waals surface area contributed by atoms with Crippen LogP contribution in [-0.2, 0) is 0 Å². The zero-order chi connectivity index (χ0) is 26.2. The van der Waals surface area contributed by atoms with E-state index in [4.69, 9.17) is 18.3 Å². The molecule has 6 aromatic rings. The molecule has 38 heavy (non-hydrogen) atoms. The number of hydrogen-bond donors (Lipinski definition) is 0. The van der Waals surface area contributed by atoms with Crippen LogP contribution in [0.2, 0.25) is 0 Å². The van der Waals surface area contributed by atoms with Gasteiger partial charge in [0, 0.05) is 23.3 Å². The van der Waals surface area contributed by atoms with Crippen molar-refractivity contribution in [3.8, 4) is 45.3 Å². The number of rotatable bonds is 5. The first-order chi connectivity index (χ1) is 18.6. The van der Waals surface area contributed by atoms with Crippen LogP contribution in [0.3, 0.4) is 0 Å². The normalized spacial score (nSPS) is 11.1. The van der Waals surface area contributed by atoms with Crippen molar-refractivity contribution in [2.45, 2.75) is 0 Å². The van der Waals surface area contributed by atoms with Crippen molar-refractivity contribution in [1.29, 1.82) is 0 Å². The van der Waals surface area contributed by atoms with Gasteiger partial charge in [0.05, 0.1) is 36.1 Å². The van der Waals surface area contributed by atoms with Crippen LogP contribution in [0.25, 0.3) is 55.7 Å². The Labute approximate surface area is 217 Å². The maximum absolute atomic E-state index is 14.2. The number of methoxy groups -OCH3 is 2. The zero-order valence-corrected chi connectivity index (χ0v) is 20.7.